The molecule has 1 aromatic carbocycles. The minimum Gasteiger partial charge on any atom is -0.487 e. The summed E-state index contributed by atoms with van der Waals surface area (Å²) >= 11 is 1.58. The Bertz CT molecular complexity index is 828. The molecule has 0 atom stereocenters. The lowest BCUT2D eigenvalue weighted by molar-refractivity contribution is -0.136. The number of benzene rings is 1. The van der Waals surface area contributed by atoms with Crippen LogP contribution < -0.4 is 4.74 Å². The van der Waals surface area contributed by atoms with Gasteiger partial charge in [0.1, 0.15) is 12.4 Å². The highest BCUT2D eigenvalue weighted by Gasteiger charge is 2.15. The topological polar surface area (TPSA) is 62.7 Å². The maximum absolute atomic E-state index is 12.4. The first kappa shape index (κ1) is 21.6. The van der Waals surface area contributed by atoms with Gasteiger partial charge in [0.15, 0.2) is 0 Å². The molecule has 0 aliphatic rings. The highest BCUT2D eigenvalue weighted by Crippen LogP contribution is 2.21. The third kappa shape index (κ3) is 6.20. The largest absolute Gasteiger partial charge is 0.487 e. The number of carbonyl (C=O) groups excluding carboxylic acids is 2. The maximum atomic E-state index is 12.4. The van der Waals surface area contributed by atoms with Gasteiger partial charge in [0.05, 0.1) is 17.2 Å². The number of thiazole rings is 1. The summed E-state index contributed by atoms with van der Waals surface area (Å²) in [4.78, 5) is 32.0. The molecule has 2 rings (SSSR count). The lowest BCUT2D eigenvalue weighted by Crippen LogP contribution is -2.40. The third-order valence-electron chi connectivity index (χ3n) is 4.23. The number of aryl methyl sites for hydroxylation is 1. The Hall–Kier alpha value is -2.67. The molecule has 28 heavy (non-hydrogen) atoms. The molecule has 6 nitrogen and oxygen atoms in total. The Balaban J connectivity index is 1.99. The zero-order chi connectivity index (χ0) is 20.5. The van der Waals surface area contributed by atoms with E-state index in [2.05, 4.69) is 4.98 Å². The van der Waals surface area contributed by atoms with Crippen LogP contribution in [-0.4, -0.2) is 53.3 Å². The number of aromatic nitrogens is 1. The predicted molar refractivity (Wildman–Crippen MR) is 112 cm³/mol. The molecule has 7 heteroatoms. The Kier molecular flexibility index (Phi) is 8.19. The molecule has 0 saturated carbocycles. The molecule has 0 spiro atoms. The van der Waals surface area contributed by atoms with Gasteiger partial charge in [0.2, 0.25) is 11.8 Å². The molecular weight excluding hydrogens is 374 g/mol. The van der Waals surface area contributed by atoms with Crippen molar-refractivity contribution < 1.29 is 14.3 Å². The van der Waals surface area contributed by atoms with Gasteiger partial charge >= 0.3 is 0 Å². The van der Waals surface area contributed by atoms with E-state index < -0.39 is 0 Å². The van der Waals surface area contributed by atoms with Crippen molar-refractivity contribution in [3.8, 4) is 5.75 Å². The fourth-order valence-corrected chi connectivity index (χ4v) is 3.22. The van der Waals surface area contributed by atoms with Crippen molar-refractivity contribution in [2.75, 3.05) is 26.7 Å². The van der Waals surface area contributed by atoms with Gasteiger partial charge in [0, 0.05) is 37.2 Å². The van der Waals surface area contributed by atoms with Crippen molar-refractivity contribution >= 4 is 29.2 Å². The van der Waals surface area contributed by atoms with Crippen molar-refractivity contribution in [1.82, 2.24) is 14.8 Å². The lowest BCUT2D eigenvalue weighted by Gasteiger charge is -2.22. The number of rotatable bonds is 9. The first-order valence-corrected chi connectivity index (χ1v) is 10.2. The zero-order valence-electron chi connectivity index (χ0n) is 16.8. The van der Waals surface area contributed by atoms with E-state index in [1.54, 1.807) is 29.4 Å². The van der Waals surface area contributed by atoms with E-state index in [9.17, 15) is 9.59 Å². The molecular formula is C21H27N3O3S. The molecule has 0 unspecified atom stereocenters. The molecule has 0 aliphatic heterocycles. The molecule has 0 radical (unpaired) electrons. The number of nitrogens with zero attached hydrogens (tertiary/aromatic N) is 3. The van der Waals surface area contributed by atoms with Gasteiger partial charge in [-0.3, -0.25) is 9.59 Å². The summed E-state index contributed by atoms with van der Waals surface area (Å²) in [7, 11) is 1.63. The smallest absolute Gasteiger partial charge is 0.246 e. The van der Waals surface area contributed by atoms with Crippen LogP contribution in [0.2, 0.25) is 0 Å². The Morgan fingerprint density at radius 3 is 2.57 bits per heavy atom. The van der Waals surface area contributed by atoms with Crippen LogP contribution in [0.15, 0.2) is 35.7 Å². The number of hydrogen-bond acceptors (Lipinski definition) is 5. The number of hydrogen-bond donors (Lipinski definition) is 0. The van der Waals surface area contributed by atoms with Gasteiger partial charge in [-0.15, -0.1) is 11.3 Å². The standard InChI is InChI=1S/C21H27N3O3S/c1-5-24(6-2)21(26)13-23(4)20(25)12-11-17-9-7-8-10-19(17)27-14-18-15-28-16(3)22-18/h7-12,15H,5-6,13-14H2,1-4H3/b12-11+. The molecule has 1 aromatic heterocycles. The summed E-state index contributed by atoms with van der Waals surface area (Å²) in [5.41, 5.74) is 1.68. The Morgan fingerprint density at radius 2 is 1.93 bits per heavy atom. The number of amides is 2. The van der Waals surface area contributed by atoms with Gasteiger partial charge in [-0.25, -0.2) is 4.98 Å². The molecule has 2 aromatic rings. The molecule has 0 aliphatic carbocycles. The Labute approximate surface area is 170 Å². The van der Waals surface area contributed by atoms with E-state index in [0.29, 0.717) is 25.4 Å². The number of ether oxygens (including phenoxy) is 1. The second-order valence-electron chi connectivity index (χ2n) is 6.28. The summed E-state index contributed by atoms with van der Waals surface area (Å²) in [6.45, 7) is 7.51. The highest BCUT2D eigenvalue weighted by molar-refractivity contribution is 7.09. The van der Waals surface area contributed by atoms with Gasteiger partial charge in [0.25, 0.3) is 0 Å². The van der Waals surface area contributed by atoms with E-state index in [-0.39, 0.29) is 18.4 Å². The number of para-hydroxylation sites is 1. The summed E-state index contributed by atoms with van der Waals surface area (Å²) in [5, 5.41) is 2.97. The van der Waals surface area contributed by atoms with Crippen molar-refractivity contribution in [3.63, 3.8) is 0 Å². The number of carbonyl (C=O) groups is 2. The Morgan fingerprint density at radius 1 is 1.21 bits per heavy atom. The van der Waals surface area contributed by atoms with Gasteiger partial charge < -0.3 is 14.5 Å². The molecule has 0 bridgehead atoms. The van der Waals surface area contributed by atoms with Crippen LogP contribution in [0.4, 0.5) is 0 Å². The van der Waals surface area contributed by atoms with Crippen LogP contribution >= 0.6 is 11.3 Å². The monoisotopic (exact) mass is 401 g/mol. The van der Waals surface area contributed by atoms with Crippen LogP contribution in [0.5, 0.6) is 5.75 Å². The van der Waals surface area contributed by atoms with Crippen LogP contribution in [0.3, 0.4) is 0 Å². The first-order valence-electron chi connectivity index (χ1n) is 9.28. The van der Waals surface area contributed by atoms with E-state index in [1.165, 1.54) is 11.0 Å². The third-order valence-corrected chi connectivity index (χ3v) is 5.05. The minimum atomic E-state index is -0.231. The second kappa shape index (κ2) is 10.6. The molecule has 0 saturated heterocycles. The van der Waals surface area contributed by atoms with E-state index in [1.807, 2.05) is 50.4 Å². The van der Waals surface area contributed by atoms with Crippen LogP contribution in [0, 0.1) is 6.92 Å². The van der Waals surface area contributed by atoms with Crippen molar-refractivity contribution in [1.29, 1.82) is 0 Å². The lowest BCUT2D eigenvalue weighted by atomic mass is 10.2. The van der Waals surface area contributed by atoms with Crippen molar-refractivity contribution in [2.45, 2.75) is 27.4 Å². The average molecular weight is 402 g/mol. The fourth-order valence-electron chi connectivity index (χ4n) is 2.62. The quantitative estimate of drug-likeness (QED) is 0.605. The van der Waals surface area contributed by atoms with Crippen molar-refractivity contribution in [3.05, 3.63) is 52.0 Å². The fraction of sp³-hybridized carbons (Fsp3) is 0.381. The van der Waals surface area contributed by atoms with Gasteiger partial charge in [-0.1, -0.05) is 18.2 Å². The average Bonchev–Trinajstić information content (AvgIpc) is 3.11. The number of likely N-dealkylation sites (N-methyl/N-ethyl adjacent to an activating group) is 2. The normalized spacial score (nSPS) is 10.9. The highest BCUT2D eigenvalue weighted by atomic mass is 32.1. The minimum absolute atomic E-state index is 0.0588. The molecule has 150 valence electrons. The molecule has 0 fully saturated rings. The van der Waals surface area contributed by atoms with Crippen LogP contribution in [0.25, 0.3) is 6.08 Å². The summed E-state index contributed by atoms with van der Waals surface area (Å²) in [6.07, 6.45) is 3.17. The van der Waals surface area contributed by atoms with Crippen LogP contribution in [0.1, 0.15) is 30.1 Å². The van der Waals surface area contributed by atoms with Crippen LogP contribution in [-0.2, 0) is 16.2 Å². The maximum Gasteiger partial charge on any atom is 0.246 e. The van der Waals surface area contributed by atoms with Gasteiger partial charge in [-0.05, 0) is 32.9 Å². The van der Waals surface area contributed by atoms with E-state index >= 15 is 0 Å². The summed E-state index contributed by atoms with van der Waals surface area (Å²) in [6, 6.07) is 7.51. The van der Waals surface area contributed by atoms with Gasteiger partial charge in [-0.2, -0.15) is 0 Å². The van der Waals surface area contributed by atoms with Crippen molar-refractivity contribution in [2.24, 2.45) is 0 Å². The zero-order valence-corrected chi connectivity index (χ0v) is 17.7. The molecule has 1 heterocycles. The van der Waals surface area contributed by atoms with E-state index in [0.717, 1.165) is 16.3 Å². The molecule has 0 N–H and O–H groups in total. The predicted octanol–water partition coefficient (Wildman–Crippen LogP) is 3.37. The second-order valence-corrected chi connectivity index (χ2v) is 7.34. The SMILES string of the molecule is CCN(CC)C(=O)CN(C)C(=O)/C=C/c1ccccc1OCc1csc(C)n1. The summed E-state index contributed by atoms with van der Waals surface area (Å²) < 4.78 is 5.86. The summed E-state index contributed by atoms with van der Waals surface area (Å²) in [5.74, 6) is 0.390. The van der Waals surface area contributed by atoms with E-state index in [4.69, 9.17) is 4.74 Å². The molecule has 2 amide bonds. The first-order chi connectivity index (χ1) is 13.4.